The third kappa shape index (κ3) is 2.46. The predicted octanol–water partition coefficient (Wildman–Crippen LogP) is 1.46. The highest BCUT2D eigenvalue weighted by atomic mass is 35.5. The van der Waals surface area contributed by atoms with Crippen molar-refractivity contribution >= 4 is 52.9 Å². The molecular formula is C22H19Cl2N3O6. The molecule has 2 aliphatic carbocycles. The number of alkyl halides is 2. The van der Waals surface area contributed by atoms with Gasteiger partial charge in [-0.3, -0.25) is 24.1 Å². The molecule has 0 spiro atoms. The molecular weight excluding hydrogens is 473 g/mol. The predicted molar refractivity (Wildman–Crippen MR) is 115 cm³/mol. The van der Waals surface area contributed by atoms with E-state index >= 15 is 0 Å². The minimum atomic E-state index is -1.97. The average molecular weight is 492 g/mol. The van der Waals surface area contributed by atoms with Gasteiger partial charge in [-0.05, 0) is 24.8 Å². The number of rotatable bonds is 1. The Morgan fingerprint density at radius 1 is 1.09 bits per heavy atom. The molecule has 3 N–H and O–H groups in total. The number of halogens is 2. The molecule has 5 rings (SSSR count). The van der Waals surface area contributed by atoms with Crippen molar-refractivity contribution in [3.8, 4) is 5.75 Å². The van der Waals surface area contributed by atoms with Crippen LogP contribution in [0.4, 0.5) is 4.79 Å². The molecule has 0 aromatic heterocycles. The molecule has 1 aromatic rings. The molecule has 6 atom stereocenters. The first-order chi connectivity index (χ1) is 15.5. The summed E-state index contributed by atoms with van der Waals surface area (Å²) in [6, 6.07) is 5.06. The number of carbonyl (C=O) groups is 5. The van der Waals surface area contributed by atoms with Gasteiger partial charge in [-0.25, -0.2) is 4.79 Å². The van der Waals surface area contributed by atoms with Gasteiger partial charge in [0.1, 0.15) is 5.75 Å². The number of nitrogens with two attached hydrogens (primary N) is 1. The minimum absolute atomic E-state index is 0.106. The summed E-state index contributed by atoms with van der Waals surface area (Å²) in [4.78, 5) is 61.6. The number of likely N-dealkylation sites (tertiary alicyclic amines) is 2. The van der Waals surface area contributed by atoms with Crippen molar-refractivity contribution in [1.82, 2.24) is 9.80 Å². The van der Waals surface area contributed by atoms with Gasteiger partial charge in [-0.15, -0.1) is 23.2 Å². The van der Waals surface area contributed by atoms with Gasteiger partial charge in [0.2, 0.25) is 11.8 Å². The molecule has 33 heavy (non-hydrogen) atoms. The van der Waals surface area contributed by atoms with Crippen LogP contribution < -0.4 is 5.73 Å². The number of aromatic hydroxyl groups is 1. The van der Waals surface area contributed by atoms with Crippen LogP contribution in [0.15, 0.2) is 35.9 Å². The van der Waals surface area contributed by atoms with E-state index in [1.165, 1.54) is 13.1 Å². The lowest BCUT2D eigenvalue weighted by Gasteiger charge is -2.50. The van der Waals surface area contributed by atoms with Crippen molar-refractivity contribution in [2.75, 3.05) is 7.05 Å². The molecule has 2 heterocycles. The first kappa shape index (κ1) is 21.9. The zero-order chi connectivity index (χ0) is 24.0. The van der Waals surface area contributed by atoms with Crippen LogP contribution in [0.1, 0.15) is 24.3 Å². The largest absolute Gasteiger partial charge is 0.508 e. The summed E-state index contributed by atoms with van der Waals surface area (Å²) < 4.78 is 0. The maximum absolute atomic E-state index is 13.3. The summed E-state index contributed by atoms with van der Waals surface area (Å²) in [5.74, 6) is -6.75. The highest BCUT2D eigenvalue weighted by Gasteiger charge is 2.76. The maximum Gasteiger partial charge on any atom is 0.328 e. The molecule has 0 unspecified atom stereocenters. The van der Waals surface area contributed by atoms with E-state index in [0.717, 1.165) is 4.90 Å². The molecule has 4 aliphatic rings. The number of urea groups is 1. The number of benzene rings is 1. The molecule has 3 fully saturated rings. The monoisotopic (exact) mass is 491 g/mol. The number of fused-ring (bicyclic) bond motifs is 4. The van der Waals surface area contributed by atoms with Gasteiger partial charge in [0.05, 0.1) is 11.8 Å². The van der Waals surface area contributed by atoms with Crippen LogP contribution in [0.3, 0.4) is 0 Å². The van der Waals surface area contributed by atoms with Crippen LogP contribution in [-0.2, 0) is 19.2 Å². The summed E-state index contributed by atoms with van der Waals surface area (Å²) in [5, 5.41) is 10.7. The van der Waals surface area contributed by atoms with Crippen LogP contribution in [0, 0.1) is 17.8 Å². The van der Waals surface area contributed by atoms with Gasteiger partial charge in [0.25, 0.3) is 11.8 Å². The summed E-state index contributed by atoms with van der Waals surface area (Å²) >= 11 is 13.9. The fraction of sp³-hybridized carbons (Fsp3) is 0.409. The molecule has 11 heteroatoms. The van der Waals surface area contributed by atoms with E-state index in [1.54, 1.807) is 24.3 Å². The van der Waals surface area contributed by atoms with Gasteiger partial charge in [-0.1, -0.05) is 29.8 Å². The summed E-state index contributed by atoms with van der Waals surface area (Å²) in [6.07, 6.45) is 1.61. The zero-order valence-electron chi connectivity index (χ0n) is 17.3. The highest BCUT2D eigenvalue weighted by Crippen LogP contribution is 2.65. The van der Waals surface area contributed by atoms with Crippen LogP contribution in [0.25, 0.3) is 0 Å². The molecule has 1 aromatic carbocycles. The second-order valence-electron chi connectivity index (χ2n) is 8.91. The minimum Gasteiger partial charge on any atom is -0.508 e. The van der Waals surface area contributed by atoms with E-state index in [1.807, 2.05) is 0 Å². The van der Waals surface area contributed by atoms with E-state index in [-0.39, 0.29) is 24.2 Å². The second kappa shape index (κ2) is 6.80. The molecule has 172 valence electrons. The first-order valence-corrected chi connectivity index (χ1v) is 11.1. The van der Waals surface area contributed by atoms with Gasteiger partial charge in [0.15, 0.2) is 9.75 Å². The van der Waals surface area contributed by atoms with E-state index in [9.17, 15) is 29.1 Å². The number of hydrogen-bond acceptors (Lipinski definition) is 6. The highest BCUT2D eigenvalue weighted by molar-refractivity contribution is 6.53. The molecule has 1 saturated carbocycles. The summed E-state index contributed by atoms with van der Waals surface area (Å²) in [6.45, 7) is 0. The van der Waals surface area contributed by atoms with Crippen molar-refractivity contribution in [3.05, 3.63) is 41.5 Å². The molecule has 9 nitrogen and oxygen atoms in total. The van der Waals surface area contributed by atoms with Crippen LogP contribution in [-0.4, -0.2) is 61.4 Å². The lowest BCUT2D eigenvalue weighted by atomic mass is 9.56. The Hall–Kier alpha value is -2.91. The Bertz CT molecular complexity index is 1200. The number of carbonyl (C=O) groups excluding carboxylic acids is 5. The van der Waals surface area contributed by atoms with Gasteiger partial charge >= 0.3 is 6.03 Å². The van der Waals surface area contributed by atoms with E-state index in [0.29, 0.717) is 10.5 Å². The number of phenols is 1. The maximum atomic E-state index is 13.3. The Morgan fingerprint density at radius 3 is 2.39 bits per heavy atom. The van der Waals surface area contributed by atoms with Crippen molar-refractivity contribution in [2.24, 2.45) is 23.5 Å². The standard InChI is InChI=1S/C22H19Cl2N3O6/c1-26-18(31)21(23)8-12-9(6-7-11-14(12)17(30)27(16(11)29)20(25)33)15(22(21,24)19(26)32)10-4-2-3-5-13(10)28/h2-6,11-12,14-15,28H,7-8H2,1H3,(H2,25,33)/t11-,12+,14-,15+,21+,22-/m0/s1. The van der Waals surface area contributed by atoms with E-state index in [4.69, 9.17) is 28.9 Å². The van der Waals surface area contributed by atoms with Crippen LogP contribution in [0.2, 0.25) is 0 Å². The SMILES string of the molecule is CN1C(=O)[C@]2(Cl)C[C@@H]3C(=CC[C@@H]4C(=O)N(C(N)=O)C(=O)[C@@H]43)[C@H](c3ccccc3O)[C@]2(Cl)C1=O. The van der Waals surface area contributed by atoms with Crippen molar-refractivity contribution in [1.29, 1.82) is 0 Å². The molecule has 0 bridgehead atoms. The summed E-state index contributed by atoms with van der Waals surface area (Å²) in [7, 11) is 1.28. The summed E-state index contributed by atoms with van der Waals surface area (Å²) in [5.41, 5.74) is 6.06. The number of phenolic OH excluding ortho intramolecular Hbond substituents is 1. The Labute approximate surface area is 198 Å². The van der Waals surface area contributed by atoms with Crippen LogP contribution >= 0.6 is 23.2 Å². The second-order valence-corrected chi connectivity index (χ2v) is 10.1. The molecule has 2 aliphatic heterocycles. The quantitative estimate of drug-likeness (QED) is 0.346. The number of nitrogens with zero attached hydrogens (tertiary/aromatic N) is 2. The Balaban J connectivity index is 1.75. The fourth-order valence-corrected chi connectivity index (χ4v) is 7.05. The van der Waals surface area contributed by atoms with Crippen molar-refractivity contribution < 1.29 is 29.1 Å². The van der Waals surface area contributed by atoms with Crippen molar-refractivity contribution in [2.45, 2.75) is 28.5 Å². The first-order valence-electron chi connectivity index (χ1n) is 10.3. The topological polar surface area (TPSA) is 138 Å². The number of para-hydroxylation sites is 1. The normalized spacial score (nSPS) is 37.6. The third-order valence-corrected chi connectivity index (χ3v) is 8.90. The van der Waals surface area contributed by atoms with Gasteiger partial charge in [0, 0.05) is 18.5 Å². The molecule has 6 amide bonds. The smallest absolute Gasteiger partial charge is 0.328 e. The van der Waals surface area contributed by atoms with Gasteiger partial charge in [-0.2, -0.15) is 4.90 Å². The van der Waals surface area contributed by atoms with Gasteiger partial charge < -0.3 is 10.8 Å². The number of amides is 6. The Morgan fingerprint density at radius 2 is 1.76 bits per heavy atom. The zero-order valence-corrected chi connectivity index (χ0v) is 18.8. The van der Waals surface area contributed by atoms with E-state index < -0.39 is 63.1 Å². The number of primary amides is 1. The van der Waals surface area contributed by atoms with Crippen LogP contribution in [0.5, 0.6) is 5.75 Å². The Kier molecular flexibility index (Phi) is 4.52. The molecule has 0 radical (unpaired) electrons. The number of allylic oxidation sites excluding steroid dienone is 2. The molecule has 2 saturated heterocycles. The fourth-order valence-electron chi connectivity index (χ4n) is 6.04. The average Bonchev–Trinajstić information content (AvgIpc) is 3.10. The lowest BCUT2D eigenvalue weighted by Crippen LogP contribution is -2.60. The number of hydrogen-bond donors (Lipinski definition) is 2. The third-order valence-electron chi connectivity index (χ3n) is 7.48. The number of imide groups is 4. The van der Waals surface area contributed by atoms with E-state index in [2.05, 4.69) is 0 Å². The lowest BCUT2D eigenvalue weighted by molar-refractivity contribution is -0.139. The van der Waals surface area contributed by atoms with Crippen molar-refractivity contribution in [3.63, 3.8) is 0 Å².